The van der Waals surface area contributed by atoms with E-state index >= 15 is 0 Å². The summed E-state index contributed by atoms with van der Waals surface area (Å²) < 4.78 is 0. The lowest BCUT2D eigenvalue weighted by molar-refractivity contribution is -0.140. The first-order valence-electron chi connectivity index (χ1n) is 9.60. The molecule has 144 valence electrons. The van der Waals surface area contributed by atoms with Crippen LogP contribution in [0.15, 0.2) is 48.5 Å². The first-order chi connectivity index (χ1) is 12.9. The van der Waals surface area contributed by atoms with Crippen LogP contribution < -0.4 is 5.32 Å². The second kappa shape index (κ2) is 9.91. The molecule has 0 aliphatic rings. The van der Waals surface area contributed by atoms with Gasteiger partial charge >= 0.3 is 0 Å². The number of carbonyl (C=O) groups excluding carboxylic acids is 2. The zero-order valence-electron chi connectivity index (χ0n) is 16.8. The Morgan fingerprint density at radius 3 is 2.07 bits per heavy atom. The van der Waals surface area contributed by atoms with E-state index in [1.807, 2.05) is 69.3 Å². The molecule has 0 saturated carbocycles. The van der Waals surface area contributed by atoms with Crippen molar-refractivity contribution in [3.05, 3.63) is 70.8 Å². The van der Waals surface area contributed by atoms with Gasteiger partial charge in [0.2, 0.25) is 11.8 Å². The van der Waals surface area contributed by atoms with Crippen molar-refractivity contribution in [3.63, 3.8) is 0 Å². The first-order valence-corrected chi connectivity index (χ1v) is 9.60. The summed E-state index contributed by atoms with van der Waals surface area (Å²) in [7, 11) is 0. The van der Waals surface area contributed by atoms with E-state index in [0.29, 0.717) is 19.5 Å². The zero-order chi connectivity index (χ0) is 19.8. The number of hydrogen-bond acceptors (Lipinski definition) is 2. The van der Waals surface area contributed by atoms with Crippen molar-refractivity contribution in [1.29, 1.82) is 0 Å². The van der Waals surface area contributed by atoms with Gasteiger partial charge < -0.3 is 10.2 Å². The fraction of sp³-hybridized carbons (Fsp3) is 0.391. The highest BCUT2D eigenvalue weighted by Crippen LogP contribution is 2.16. The summed E-state index contributed by atoms with van der Waals surface area (Å²) in [5.74, 6) is -0.143. The minimum Gasteiger partial charge on any atom is -0.354 e. The summed E-state index contributed by atoms with van der Waals surface area (Å²) in [4.78, 5) is 27.4. The average Bonchev–Trinajstić information content (AvgIpc) is 2.66. The van der Waals surface area contributed by atoms with Gasteiger partial charge in [0, 0.05) is 13.1 Å². The van der Waals surface area contributed by atoms with Gasteiger partial charge in [-0.05, 0) is 49.4 Å². The van der Waals surface area contributed by atoms with Gasteiger partial charge in [0.1, 0.15) is 6.04 Å². The monoisotopic (exact) mass is 366 g/mol. The van der Waals surface area contributed by atoms with Gasteiger partial charge in [-0.1, -0.05) is 55.5 Å². The molecule has 4 nitrogen and oxygen atoms in total. The van der Waals surface area contributed by atoms with E-state index in [1.165, 1.54) is 0 Å². The number of hydrogen-bond donors (Lipinski definition) is 1. The van der Waals surface area contributed by atoms with Crippen LogP contribution in [0, 0.1) is 13.8 Å². The van der Waals surface area contributed by atoms with Crippen LogP contribution in [0.5, 0.6) is 0 Å². The summed E-state index contributed by atoms with van der Waals surface area (Å²) in [5.41, 5.74) is 4.27. The van der Waals surface area contributed by atoms with E-state index in [4.69, 9.17) is 0 Å². The lowest BCUT2D eigenvalue weighted by Crippen LogP contribution is -2.48. The average molecular weight is 367 g/mol. The third-order valence-electron chi connectivity index (χ3n) is 4.92. The lowest BCUT2D eigenvalue weighted by atomic mass is 10.0. The van der Waals surface area contributed by atoms with Gasteiger partial charge in [0.05, 0.1) is 6.42 Å². The number of carbonyl (C=O) groups is 2. The summed E-state index contributed by atoms with van der Waals surface area (Å²) in [6.45, 7) is 8.90. The van der Waals surface area contributed by atoms with E-state index in [2.05, 4.69) is 5.32 Å². The SMILES string of the molecule is CCCNC(=O)C(C)N(Cc1ccccc1C)C(=O)Cc1ccccc1C. The van der Waals surface area contributed by atoms with Gasteiger partial charge in [0.15, 0.2) is 0 Å². The third kappa shape index (κ3) is 5.68. The van der Waals surface area contributed by atoms with Crippen LogP contribution >= 0.6 is 0 Å². The Morgan fingerprint density at radius 2 is 1.52 bits per heavy atom. The Balaban J connectivity index is 2.25. The van der Waals surface area contributed by atoms with Crippen LogP contribution in [-0.4, -0.2) is 29.3 Å². The molecule has 0 fully saturated rings. The Morgan fingerprint density at radius 1 is 0.963 bits per heavy atom. The summed E-state index contributed by atoms with van der Waals surface area (Å²) in [6.07, 6.45) is 1.16. The van der Waals surface area contributed by atoms with Crippen molar-refractivity contribution in [2.75, 3.05) is 6.54 Å². The molecule has 2 rings (SSSR count). The van der Waals surface area contributed by atoms with Crippen molar-refractivity contribution in [1.82, 2.24) is 10.2 Å². The van der Waals surface area contributed by atoms with Crippen molar-refractivity contribution < 1.29 is 9.59 Å². The normalized spacial score (nSPS) is 11.7. The molecule has 0 radical (unpaired) electrons. The molecule has 1 unspecified atom stereocenters. The minimum absolute atomic E-state index is 0.0355. The van der Waals surface area contributed by atoms with Crippen molar-refractivity contribution >= 4 is 11.8 Å². The van der Waals surface area contributed by atoms with Crippen LogP contribution in [0.2, 0.25) is 0 Å². The van der Waals surface area contributed by atoms with E-state index < -0.39 is 6.04 Å². The third-order valence-corrected chi connectivity index (χ3v) is 4.92. The summed E-state index contributed by atoms with van der Waals surface area (Å²) in [5, 5.41) is 2.91. The molecule has 0 spiro atoms. The molecule has 0 heterocycles. The number of rotatable bonds is 8. The molecular weight excluding hydrogens is 336 g/mol. The van der Waals surface area contributed by atoms with Gasteiger partial charge in [-0.25, -0.2) is 0 Å². The standard InChI is InChI=1S/C23H30N2O2/c1-5-14-24-23(27)19(4)25(16-21-13-9-7-11-18(21)3)22(26)15-20-12-8-6-10-17(20)2/h6-13,19H,5,14-16H2,1-4H3,(H,24,27). The largest absolute Gasteiger partial charge is 0.354 e. The molecule has 0 aromatic heterocycles. The molecule has 2 aromatic carbocycles. The molecule has 27 heavy (non-hydrogen) atoms. The fourth-order valence-corrected chi connectivity index (χ4v) is 3.02. The van der Waals surface area contributed by atoms with Crippen LogP contribution in [-0.2, 0) is 22.6 Å². The smallest absolute Gasteiger partial charge is 0.242 e. The molecule has 2 aromatic rings. The molecule has 1 N–H and O–H groups in total. The topological polar surface area (TPSA) is 49.4 Å². The molecule has 4 heteroatoms. The lowest BCUT2D eigenvalue weighted by Gasteiger charge is -2.29. The Labute approximate surface area is 162 Å². The molecule has 0 bridgehead atoms. The fourth-order valence-electron chi connectivity index (χ4n) is 3.02. The van der Waals surface area contributed by atoms with Crippen LogP contribution in [0.1, 0.15) is 42.5 Å². The number of nitrogens with one attached hydrogen (secondary N) is 1. The molecule has 0 aliphatic heterocycles. The highest BCUT2D eigenvalue weighted by molar-refractivity contribution is 5.88. The van der Waals surface area contributed by atoms with Gasteiger partial charge in [0.25, 0.3) is 0 Å². The van der Waals surface area contributed by atoms with Crippen molar-refractivity contribution in [3.8, 4) is 0 Å². The highest BCUT2D eigenvalue weighted by Gasteiger charge is 2.26. The zero-order valence-corrected chi connectivity index (χ0v) is 16.8. The predicted octanol–water partition coefficient (Wildman–Crippen LogP) is 3.79. The Hall–Kier alpha value is -2.62. The van der Waals surface area contributed by atoms with Crippen molar-refractivity contribution in [2.45, 2.75) is 53.1 Å². The number of nitrogens with zero attached hydrogens (tertiary/aromatic N) is 1. The second-order valence-corrected chi connectivity index (χ2v) is 7.02. The molecule has 0 saturated heterocycles. The minimum atomic E-state index is -0.521. The second-order valence-electron chi connectivity index (χ2n) is 7.02. The van der Waals surface area contributed by atoms with E-state index in [-0.39, 0.29) is 11.8 Å². The maximum Gasteiger partial charge on any atom is 0.242 e. The highest BCUT2D eigenvalue weighted by atomic mass is 16.2. The number of amides is 2. The summed E-state index contributed by atoms with van der Waals surface area (Å²) in [6, 6.07) is 15.4. The van der Waals surface area contributed by atoms with Crippen LogP contribution in [0.4, 0.5) is 0 Å². The number of benzene rings is 2. The molecule has 0 aliphatic carbocycles. The van der Waals surface area contributed by atoms with Gasteiger partial charge in [-0.2, -0.15) is 0 Å². The molecule has 1 atom stereocenters. The summed E-state index contributed by atoms with van der Waals surface area (Å²) >= 11 is 0. The van der Waals surface area contributed by atoms with E-state index in [9.17, 15) is 9.59 Å². The van der Waals surface area contributed by atoms with Crippen molar-refractivity contribution in [2.24, 2.45) is 0 Å². The maximum atomic E-state index is 13.1. The van der Waals surface area contributed by atoms with E-state index in [0.717, 1.165) is 28.7 Å². The Bertz CT molecular complexity index is 785. The van der Waals surface area contributed by atoms with Crippen LogP contribution in [0.3, 0.4) is 0 Å². The molecule has 2 amide bonds. The maximum absolute atomic E-state index is 13.1. The predicted molar refractivity (Wildman–Crippen MR) is 109 cm³/mol. The first kappa shape index (κ1) is 20.7. The van der Waals surface area contributed by atoms with Gasteiger partial charge in [-0.15, -0.1) is 0 Å². The number of aryl methyl sites for hydroxylation is 2. The van der Waals surface area contributed by atoms with E-state index in [1.54, 1.807) is 11.8 Å². The molecular formula is C23H30N2O2. The Kier molecular flexibility index (Phi) is 7.59. The van der Waals surface area contributed by atoms with Crippen LogP contribution in [0.25, 0.3) is 0 Å². The van der Waals surface area contributed by atoms with Gasteiger partial charge in [-0.3, -0.25) is 9.59 Å². The quantitative estimate of drug-likeness (QED) is 0.773.